The van der Waals surface area contributed by atoms with Crippen molar-refractivity contribution in [3.63, 3.8) is 0 Å². The molecule has 0 bridgehead atoms. The lowest BCUT2D eigenvalue weighted by Crippen LogP contribution is -2.56. The standard InChI is InChI=1S/C14H21BrN2O/c1-13(2)9-17(10-14(3,4)18-13)8-11-5-12(15)7-16-6-11/h5-7H,8-10H2,1-4H3. The first-order valence-electron chi connectivity index (χ1n) is 6.28. The van der Waals surface area contributed by atoms with Crippen LogP contribution in [0.4, 0.5) is 0 Å². The first-order valence-corrected chi connectivity index (χ1v) is 7.07. The third kappa shape index (κ3) is 3.77. The van der Waals surface area contributed by atoms with E-state index in [2.05, 4.69) is 59.6 Å². The van der Waals surface area contributed by atoms with Crippen molar-refractivity contribution in [1.82, 2.24) is 9.88 Å². The predicted molar refractivity (Wildman–Crippen MR) is 76.5 cm³/mol. The lowest BCUT2D eigenvalue weighted by molar-refractivity contribution is -0.182. The van der Waals surface area contributed by atoms with Gasteiger partial charge in [-0.2, -0.15) is 0 Å². The zero-order chi connectivity index (χ0) is 13.4. The highest BCUT2D eigenvalue weighted by Gasteiger charge is 2.37. The van der Waals surface area contributed by atoms with Gasteiger partial charge in [0, 0.05) is 36.5 Å². The van der Waals surface area contributed by atoms with Crippen molar-refractivity contribution < 1.29 is 4.74 Å². The first kappa shape index (κ1) is 14.0. The summed E-state index contributed by atoms with van der Waals surface area (Å²) in [7, 11) is 0. The van der Waals surface area contributed by atoms with Crippen molar-refractivity contribution in [2.75, 3.05) is 13.1 Å². The summed E-state index contributed by atoms with van der Waals surface area (Å²) in [5, 5.41) is 0. The number of morpholine rings is 1. The van der Waals surface area contributed by atoms with Crippen molar-refractivity contribution in [2.45, 2.75) is 45.4 Å². The van der Waals surface area contributed by atoms with Crippen LogP contribution in [0.1, 0.15) is 33.3 Å². The molecule has 0 atom stereocenters. The van der Waals surface area contributed by atoms with Crippen molar-refractivity contribution in [1.29, 1.82) is 0 Å². The van der Waals surface area contributed by atoms with Crippen LogP contribution in [0.5, 0.6) is 0 Å². The number of hydrogen-bond donors (Lipinski definition) is 0. The van der Waals surface area contributed by atoms with Crippen LogP contribution in [0.2, 0.25) is 0 Å². The topological polar surface area (TPSA) is 25.4 Å². The highest BCUT2D eigenvalue weighted by molar-refractivity contribution is 9.10. The molecule has 3 nitrogen and oxygen atoms in total. The molecule has 100 valence electrons. The molecule has 0 saturated carbocycles. The Morgan fingerprint density at radius 1 is 1.22 bits per heavy atom. The molecular weight excluding hydrogens is 292 g/mol. The maximum Gasteiger partial charge on any atom is 0.0760 e. The molecule has 1 aromatic rings. The van der Waals surface area contributed by atoms with Crippen LogP contribution in [0, 0.1) is 0 Å². The summed E-state index contributed by atoms with van der Waals surface area (Å²) in [6.07, 6.45) is 3.75. The Kier molecular flexibility index (Phi) is 3.81. The Hall–Kier alpha value is -0.450. The van der Waals surface area contributed by atoms with E-state index in [-0.39, 0.29) is 11.2 Å². The van der Waals surface area contributed by atoms with Crippen molar-refractivity contribution >= 4 is 15.9 Å². The van der Waals surface area contributed by atoms with Crippen LogP contribution in [-0.2, 0) is 11.3 Å². The van der Waals surface area contributed by atoms with Crippen molar-refractivity contribution in [3.05, 3.63) is 28.5 Å². The van der Waals surface area contributed by atoms with Crippen LogP contribution in [0.3, 0.4) is 0 Å². The van der Waals surface area contributed by atoms with Gasteiger partial charge in [-0.3, -0.25) is 9.88 Å². The van der Waals surface area contributed by atoms with Crippen molar-refractivity contribution in [2.24, 2.45) is 0 Å². The number of rotatable bonds is 2. The molecule has 4 heteroatoms. The summed E-state index contributed by atoms with van der Waals surface area (Å²) in [6.45, 7) is 11.4. The Morgan fingerprint density at radius 2 is 1.83 bits per heavy atom. The first-order chi connectivity index (χ1) is 8.26. The minimum Gasteiger partial charge on any atom is -0.367 e. The van der Waals surface area contributed by atoms with E-state index in [9.17, 15) is 0 Å². The Morgan fingerprint density at radius 3 is 2.39 bits per heavy atom. The average Bonchev–Trinajstić information content (AvgIpc) is 2.11. The number of pyridine rings is 1. The molecule has 1 aliphatic rings. The molecular formula is C14H21BrN2O. The van der Waals surface area contributed by atoms with E-state index >= 15 is 0 Å². The van der Waals surface area contributed by atoms with Gasteiger partial charge in [-0.15, -0.1) is 0 Å². The fourth-order valence-electron chi connectivity index (χ4n) is 2.86. The summed E-state index contributed by atoms with van der Waals surface area (Å²) in [5.74, 6) is 0. The van der Waals surface area contributed by atoms with E-state index in [1.165, 1.54) is 5.56 Å². The fourth-order valence-corrected chi connectivity index (χ4v) is 3.27. The molecule has 0 N–H and O–H groups in total. The van der Waals surface area contributed by atoms with E-state index in [1.807, 2.05) is 12.4 Å². The van der Waals surface area contributed by atoms with Crippen LogP contribution < -0.4 is 0 Å². The molecule has 0 spiro atoms. The maximum absolute atomic E-state index is 6.09. The minimum atomic E-state index is -0.0960. The Balaban J connectivity index is 2.09. The summed E-state index contributed by atoms with van der Waals surface area (Å²) >= 11 is 3.47. The summed E-state index contributed by atoms with van der Waals surface area (Å²) in [4.78, 5) is 6.66. The van der Waals surface area contributed by atoms with E-state index in [0.29, 0.717) is 0 Å². The van der Waals surface area contributed by atoms with Gasteiger partial charge >= 0.3 is 0 Å². The number of hydrogen-bond acceptors (Lipinski definition) is 3. The molecule has 1 aromatic heterocycles. The molecule has 1 fully saturated rings. The SMILES string of the molecule is CC1(C)CN(Cc2cncc(Br)c2)CC(C)(C)O1. The van der Waals surface area contributed by atoms with Crippen LogP contribution >= 0.6 is 15.9 Å². The van der Waals surface area contributed by atoms with Gasteiger partial charge in [0.15, 0.2) is 0 Å². The lowest BCUT2D eigenvalue weighted by atomic mass is 9.98. The zero-order valence-corrected chi connectivity index (χ0v) is 13.1. The van der Waals surface area contributed by atoms with Gasteiger partial charge in [0.2, 0.25) is 0 Å². The lowest BCUT2D eigenvalue weighted by Gasteiger charge is -2.47. The van der Waals surface area contributed by atoms with Gasteiger partial charge in [-0.25, -0.2) is 0 Å². The van der Waals surface area contributed by atoms with Gasteiger partial charge in [-0.1, -0.05) is 0 Å². The predicted octanol–water partition coefficient (Wildman–Crippen LogP) is 3.23. The monoisotopic (exact) mass is 312 g/mol. The number of aromatic nitrogens is 1. The van der Waals surface area contributed by atoms with Crippen molar-refractivity contribution in [3.8, 4) is 0 Å². The van der Waals surface area contributed by atoms with E-state index < -0.39 is 0 Å². The van der Waals surface area contributed by atoms with Gasteiger partial charge in [0.25, 0.3) is 0 Å². The van der Waals surface area contributed by atoms with Gasteiger partial charge in [0.1, 0.15) is 0 Å². The quantitative estimate of drug-likeness (QED) is 0.838. The molecule has 18 heavy (non-hydrogen) atoms. The minimum absolute atomic E-state index is 0.0960. The Labute approximate surface area is 118 Å². The van der Waals surface area contributed by atoms with Crippen LogP contribution in [-0.4, -0.2) is 34.2 Å². The second-order valence-electron chi connectivity index (χ2n) is 6.28. The third-order valence-electron chi connectivity index (χ3n) is 2.93. The highest BCUT2D eigenvalue weighted by atomic mass is 79.9. The smallest absolute Gasteiger partial charge is 0.0760 e. The van der Waals surface area contributed by atoms with Gasteiger partial charge in [0.05, 0.1) is 11.2 Å². The van der Waals surface area contributed by atoms with E-state index in [4.69, 9.17) is 4.74 Å². The number of ether oxygens (including phenoxy) is 1. The Bertz CT molecular complexity index is 416. The molecule has 0 unspecified atom stereocenters. The van der Waals surface area contributed by atoms with Gasteiger partial charge in [-0.05, 0) is 55.3 Å². The summed E-state index contributed by atoms with van der Waals surface area (Å²) in [6, 6.07) is 2.13. The van der Waals surface area contributed by atoms with Gasteiger partial charge < -0.3 is 4.74 Å². The molecule has 0 aliphatic carbocycles. The fraction of sp³-hybridized carbons (Fsp3) is 0.643. The molecule has 0 amide bonds. The molecule has 1 saturated heterocycles. The average molecular weight is 313 g/mol. The summed E-state index contributed by atoms with van der Waals surface area (Å²) in [5.41, 5.74) is 1.04. The summed E-state index contributed by atoms with van der Waals surface area (Å²) < 4.78 is 7.12. The van der Waals surface area contributed by atoms with E-state index in [1.54, 1.807) is 0 Å². The second kappa shape index (κ2) is 4.91. The largest absolute Gasteiger partial charge is 0.367 e. The second-order valence-corrected chi connectivity index (χ2v) is 7.19. The molecule has 2 rings (SSSR count). The molecule has 1 aliphatic heterocycles. The number of nitrogens with zero attached hydrogens (tertiary/aromatic N) is 2. The van der Waals surface area contributed by atoms with E-state index in [0.717, 1.165) is 24.1 Å². The van der Waals surface area contributed by atoms with Crippen LogP contribution in [0.25, 0.3) is 0 Å². The maximum atomic E-state index is 6.09. The normalized spacial score (nSPS) is 22.9. The van der Waals surface area contributed by atoms with Crippen LogP contribution in [0.15, 0.2) is 22.9 Å². The zero-order valence-electron chi connectivity index (χ0n) is 11.5. The molecule has 0 radical (unpaired) electrons. The number of halogens is 1. The third-order valence-corrected chi connectivity index (χ3v) is 3.36. The highest BCUT2D eigenvalue weighted by Crippen LogP contribution is 2.29. The molecule has 2 heterocycles. The molecule has 0 aromatic carbocycles.